The average molecular weight is 334 g/mol. The summed E-state index contributed by atoms with van der Waals surface area (Å²) in [6.45, 7) is 0. The Hall–Kier alpha value is 1.07. The van der Waals surface area contributed by atoms with E-state index in [1.54, 1.807) is 0 Å². The van der Waals surface area contributed by atoms with Crippen LogP contribution in [0.5, 0.6) is 0 Å². The zero-order chi connectivity index (χ0) is 5.21. The fourth-order valence-corrected chi connectivity index (χ4v) is 0. The van der Waals surface area contributed by atoms with Crippen molar-refractivity contribution in [1.29, 1.82) is 0 Å². The molecule has 0 aliphatic rings. The van der Waals surface area contributed by atoms with Gasteiger partial charge in [-0.25, -0.2) is 5.26 Å². The van der Waals surface area contributed by atoms with E-state index in [2.05, 4.69) is 4.33 Å². The van der Waals surface area contributed by atoms with Crippen LogP contribution in [0.4, 0.5) is 0 Å². The molecule has 0 spiro atoms. The van der Waals surface area contributed by atoms with Crippen molar-refractivity contribution in [3.63, 3.8) is 0 Å². The molecule has 0 fully saturated rings. The number of hydrogen-bond acceptors (Lipinski definition) is 4. The minimum atomic E-state index is -4.61. The molecule has 0 atom stereocenters. The van der Waals surface area contributed by atoms with Gasteiger partial charge in [-0.15, -0.1) is 0 Å². The van der Waals surface area contributed by atoms with Crippen LogP contribution in [0.1, 0.15) is 1.43 Å². The van der Waals surface area contributed by atoms with Crippen LogP contribution < -0.4 is 51.4 Å². The second kappa shape index (κ2) is 67.7. The third-order valence-electron chi connectivity index (χ3n) is 0.0942. The monoisotopic (exact) mass is 334 g/mol. The standard InChI is InChI=1S/K.H2O5S.10H2O.H/c;1-5-6(2,3)4;;;;;;;;;;;/h;1H,(H,2,3,4);10*1H2;/q+1;;;;;;;;;;;;-1. The summed E-state index contributed by atoms with van der Waals surface area (Å²) in [4.78, 5) is 0. The molecule has 0 aromatic carbocycles. The second-order valence-electron chi connectivity index (χ2n) is 0.502. The van der Waals surface area contributed by atoms with Gasteiger partial charge in [0.05, 0.1) is 0 Å². The molecule has 0 saturated heterocycles. The number of hydrogen-bond donors (Lipinski definition) is 2. The average Bonchev–Trinajstić information content (AvgIpc) is 1.35. The molecule has 0 aromatic heterocycles. The summed E-state index contributed by atoms with van der Waals surface area (Å²) in [6, 6.07) is 0. The van der Waals surface area contributed by atoms with Crippen LogP contribution >= 0.6 is 0 Å². The summed E-state index contributed by atoms with van der Waals surface area (Å²) in [5.41, 5.74) is 0. The van der Waals surface area contributed by atoms with Gasteiger partial charge in [-0.05, 0) is 0 Å². The van der Waals surface area contributed by atoms with Gasteiger partial charge in [0.1, 0.15) is 0 Å². The normalized spacial score (nSPS) is 4.12. The Morgan fingerprint density at radius 2 is 0.765 bits per heavy atom. The van der Waals surface area contributed by atoms with Crippen LogP contribution in [0.25, 0.3) is 0 Å². The summed E-state index contributed by atoms with van der Waals surface area (Å²) in [5.74, 6) is 0. The fourth-order valence-electron chi connectivity index (χ4n) is 0. The van der Waals surface area contributed by atoms with Crippen LogP contribution in [0.3, 0.4) is 0 Å². The predicted molar refractivity (Wildman–Crippen MR) is 52.5 cm³/mol. The molecule has 0 bridgehead atoms. The maximum Gasteiger partial charge on any atom is 1.00 e. The first-order valence-corrected chi connectivity index (χ1v) is 2.23. The molecule has 22 N–H and O–H groups in total. The van der Waals surface area contributed by atoms with E-state index < -0.39 is 10.4 Å². The van der Waals surface area contributed by atoms with E-state index in [-0.39, 0.29) is 108 Å². The van der Waals surface area contributed by atoms with Crippen molar-refractivity contribution in [3.8, 4) is 0 Å². The molecule has 0 unspecified atom stereocenters. The number of rotatable bonds is 1. The Balaban J connectivity index is -0.00000000189. The second-order valence-corrected chi connectivity index (χ2v) is 1.51. The predicted octanol–water partition coefficient (Wildman–Crippen LogP) is -11.9. The van der Waals surface area contributed by atoms with Crippen molar-refractivity contribution in [2.75, 3.05) is 0 Å². The third kappa shape index (κ3) is 234. The third-order valence-corrected chi connectivity index (χ3v) is 0.283. The summed E-state index contributed by atoms with van der Waals surface area (Å²) >= 11 is 0. The van der Waals surface area contributed by atoms with E-state index >= 15 is 0 Å². The molecule has 0 aliphatic carbocycles. The van der Waals surface area contributed by atoms with Gasteiger partial charge < -0.3 is 56.2 Å². The first-order valence-electron chi connectivity index (χ1n) is 0.865. The zero-order valence-corrected chi connectivity index (χ0v) is 12.5. The van der Waals surface area contributed by atoms with Crippen molar-refractivity contribution in [1.82, 2.24) is 0 Å². The minimum absolute atomic E-state index is 0. The molecule has 0 aromatic rings. The van der Waals surface area contributed by atoms with Crippen LogP contribution in [0, 0.1) is 0 Å². The van der Waals surface area contributed by atoms with Crippen molar-refractivity contribution in [2.24, 2.45) is 0 Å². The van der Waals surface area contributed by atoms with Gasteiger partial charge in [0.15, 0.2) is 0 Å². The van der Waals surface area contributed by atoms with Gasteiger partial charge in [0.25, 0.3) is 0 Å². The van der Waals surface area contributed by atoms with E-state index in [4.69, 9.17) is 18.2 Å². The Bertz CT molecular complexity index is 118. The largest absolute Gasteiger partial charge is 1.00 e. The summed E-state index contributed by atoms with van der Waals surface area (Å²) in [6.07, 6.45) is 0. The van der Waals surface area contributed by atoms with Crippen LogP contribution in [0.2, 0.25) is 0 Å². The smallest absolute Gasteiger partial charge is 1.00 e. The molecule has 15 nitrogen and oxygen atoms in total. The van der Waals surface area contributed by atoms with Crippen LogP contribution in [-0.2, 0) is 14.7 Å². The van der Waals surface area contributed by atoms with Crippen molar-refractivity contribution in [3.05, 3.63) is 0 Å². The maximum atomic E-state index is 9.08. The molecule has 0 aliphatic heterocycles. The Morgan fingerprint density at radius 1 is 0.706 bits per heavy atom. The van der Waals surface area contributed by atoms with Gasteiger partial charge in [-0.3, -0.25) is 4.55 Å². The molecule has 0 saturated carbocycles. The SMILES string of the molecule is O.O.O.O.O.O.O.O.O.O.O=S(=O)(O)OO.[H-].[K+]. The van der Waals surface area contributed by atoms with Crippen molar-refractivity contribution < 1.29 is 130 Å². The van der Waals surface area contributed by atoms with E-state index in [0.29, 0.717) is 0 Å². The molecule has 0 radical (unpaired) electrons. The van der Waals surface area contributed by atoms with Gasteiger partial charge >= 0.3 is 61.8 Å². The van der Waals surface area contributed by atoms with Crippen molar-refractivity contribution in [2.45, 2.75) is 0 Å². The Morgan fingerprint density at radius 3 is 0.765 bits per heavy atom. The molecule has 17 heavy (non-hydrogen) atoms. The van der Waals surface area contributed by atoms with E-state index in [1.807, 2.05) is 0 Å². The first-order chi connectivity index (χ1) is 2.56. The summed E-state index contributed by atoms with van der Waals surface area (Å²) in [7, 11) is -4.61. The fraction of sp³-hybridized carbons (Fsp3) is 0. The summed E-state index contributed by atoms with van der Waals surface area (Å²) < 4.78 is 28.0. The van der Waals surface area contributed by atoms with Crippen LogP contribution in [-0.4, -0.2) is 73.0 Å². The molecule has 0 heterocycles. The van der Waals surface area contributed by atoms with E-state index in [0.717, 1.165) is 0 Å². The quantitative estimate of drug-likeness (QED) is 0.203. The zero-order valence-electron chi connectivity index (χ0n) is 9.53. The van der Waals surface area contributed by atoms with Crippen LogP contribution in [0.15, 0.2) is 0 Å². The molecule has 17 heteroatoms. The molecular weight excluding hydrogens is 311 g/mol. The summed E-state index contributed by atoms with van der Waals surface area (Å²) in [5, 5.41) is 7.06. The van der Waals surface area contributed by atoms with E-state index in [9.17, 15) is 0 Å². The minimum Gasteiger partial charge on any atom is -1.00 e. The van der Waals surface area contributed by atoms with E-state index in [1.165, 1.54) is 0 Å². The Labute approximate surface area is 139 Å². The molecular formula is H23KO15S. The topological polar surface area (TPSA) is 399 Å². The van der Waals surface area contributed by atoms with Gasteiger partial charge in [0, 0.05) is 0 Å². The molecule has 0 amide bonds. The molecule has 120 valence electrons. The van der Waals surface area contributed by atoms with Gasteiger partial charge in [-0.1, -0.05) is 4.33 Å². The first kappa shape index (κ1) is 143. The molecule has 0 rings (SSSR count). The van der Waals surface area contributed by atoms with Gasteiger partial charge in [-0.2, -0.15) is 8.42 Å². The Kier molecular flexibility index (Phi) is 569. The van der Waals surface area contributed by atoms with Crippen molar-refractivity contribution >= 4 is 10.4 Å². The maximum absolute atomic E-state index is 9.08. The van der Waals surface area contributed by atoms with Gasteiger partial charge in [0.2, 0.25) is 0 Å².